The fraction of sp³-hybridized carbons (Fsp3) is 0.200. The van der Waals surface area contributed by atoms with Crippen LogP contribution in [0.4, 0.5) is 13.2 Å². The van der Waals surface area contributed by atoms with E-state index in [4.69, 9.17) is 27.6 Å². The van der Waals surface area contributed by atoms with Gasteiger partial charge in [0.05, 0.1) is 22.4 Å². The molecule has 13 heteroatoms. The molecule has 5 rings (SSSR count). The topological polar surface area (TPSA) is 127 Å². The van der Waals surface area contributed by atoms with Crippen molar-refractivity contribution in [2.45, 2.75) is 32.0 Å². The number of aromatic hydroxyl groups is 1. The van der Waals surface area contributed by atoms with E-state index in [1.807, 2.05) is 0 Å². The van der Waals surface area contributed by atoms with Gasteiger partial charge in [-0.15, -0.1) is 0 Å². The highest BCUT2D eigenvalue weighted by Gasteiger charge is 2.32. The highest BCUT2D eigenvalue weighted by molar-refractivity contribution is 6.33. The molecule has 0 saturated carbocycles. The molecule has 0 radical (unpaired) electrons. The number of nitrogens with one attached hydrogen (secondary N) is 1. The van der Waals surface area contributed by atoms with Crippen molar-refractivity contribution >= 4 is 34.9 Å². The third-order valence-electron chi connectivity index (χ3n) is 7.11. The lowest BCUT2D eigenvalue weighted by atomic mass is 9.93. The van der Waals surface area contributed by atoms with Crippen molar-refractivity contribution in [2.24, 2.45) is 0 Å². The lowest BCUT2D eigenvalue weighted by molar-refractivity contribution is -0.137. The van der Waals surface area contributed by atoms with E-state index in [-0.39, 0.29) is 61.4 Å². The number of nitrogens with zero attached hydrogens (tertiary/aromatic N) is 2. The molecule has 2 N–H and O–H groups in total. The first kappa shape index (κ1) is 29.9. The van der Waals surface area contributed by atoms with Crippen LogP contribution < -0.4 is 5.56 Å². The number of benzene rings is 2. The summed E-state index contributed by atoms with van der Waals surface area (Å²) in [4.78, 5) is 42.3. The van der Waals surface area contributed by atoms with Gasteiger partial charge < -0.3 is 19.4 Å². The number of hydrogen-bond acceptors (Lipinski definition) is 6. The number of carbonyl (C=O) groups is 2. The number of H-pyrrole nitrogens is 1. The predicted molar refractivity (Wildman–Crippen MR) is 151 cm³/mol. The Bertz CT molecular complexity index is 1910. The number of furan rings is 1. The Balaban J connectivity index is 1.56. The molecular formula is C30H20Cl2F3N3O5. The van der Waals surface area contributed by atoms with Crippen LogP contribution >= 0.6 is 23.2 Å². The number of halogens is 5. The Morgan fingerprint density at radius 2 is 1.86 bits per heavy atom. The summed E-state index contributed by atoms with van der Waals surface area (Å²) in [6.07, 6.45) is -2.03. The number of aromatic amines is 1. The summed E-state index contributed by atoms with van der Waals surface area (Å²) in [5.41, 5.74) is -2.48. The van der Waals surface area contributed by atoms with Gasteiger partial charge in [0.25, 0.3) is 11.5 Å². The summed E-state index contributed by atoms with van der Waals surface area (Å²) in [7, 11) is 1.45. The van der Waals surface area contributed by atoms with E-state index in [1.165, 1.54) is 36.4 Å². The van der Waals surface area contributed by atoms with Crippen molar-refractivity contribution in [3.05, 3.63) is 96.6 Å². The molecule has 2 heterocycles. The summed E-state index contributed by atoms with van der Waals surface area (Å²) < 4.78 is 45.8. The SMILES string of the molecule is CN(Cc1cc(Cl)cc(-c2cc(-c3cc(C(F)(F)F)ccc3Cl)c(C#N)c(=O)[nH]2)c1O)C(=O)c1coc2c1C(=O)CCC2. The van der Waals surface area contributed by atoms with Crippen LogP contribution in [0.5, 0.6) is 5.75 Å². The van der Waals surface area contributed by atoms with Gasteiger partial charge in [-0.05, 0) is 42.8 Å². The number of Topliss-reactive ketones (excluding diaryl/α,β-unsaturated/α-hetero) is 1. The van der Waals surface area contributed by atoms with Gasteiger partial charge in [-0.1, -0.05) is 23.2 Å². The zero-order valence-corrected chi connectivity index (χ0v) is 23.7. The van der Waals surface area contributed by atoms with Crippen LogP contribution in [0.1, 0.15) is 56.0 Å². The first-order chi connectivity index (χ1) is 20.3. The van der Waals surface area contributed by atoms with E-state index in [2.05, 4.69) is 4.98 Å². The summed E-state index contributed by atoms with van der Waals surface area (Å²) in [6.45, 7) is -0.181. The number of phenols is 1. The maximum atomic E-state index is 13.4. The Morgan fingerprint density at radius 1 is 1.12 bits per heavy atom. The summed E-state index contributed by atoms with van der Waals surface area (Å²) in [6, 6.07) is 8.12. The number of aromatic nitrogens is 1. The van der Waals surface area contributed by atoms with E-state index in [1.54, 1.807) is 6.07 Å². The summed E-state index contributed by atoms with van der Waals surface area (Å²) in [5.74, 6) is -0.673. The van der Waals surface area contributed by atoms with Crippen molar-refractivity contribution in [1.82, 2.24) is 9.88 Å². The fourth-order valence-electron chi connectivity index (χ4n) is 5.03. The molecule has 0 aliphatic heterocycles. The second-order valence-electron chi connectivity index (χ2n) is 9.95. The Kier molecular flexibility index (Phi) is 7.86. The van der Waals surface area contributed by atoms with Crippen LogP contribution in [0.2, 0.25) is 10.0 Å². The Labute approximate surface area is 251 Å². The Morgan fingerprint density at radius 3 is 2.56 bits per heavy atom. The molecule has 0 spiro atoms. The van der Waals surface area contributed by atoms with Crippen LogP contribution in [-0.2, 0) is 19.1 Å². The minimum atomic E-state index is -4.72. The molecule has 0 atom stereocenters. The number of alkyl halides is 3. The summed E-state index contributed by atoms with van der Waals surface area (Å²) in [5, 5.41) is 20.8. The zero-order chi connectivity index (χ0) is 31.2. The molecule has 220 valence electrons. The van der Waals surface area contributed by atoms with Crippen LogP contribution in [0, 0.1) is 11.3 Å². The number of nitriles is 1. The number of pyridine rings is 1. The maximum absolute atomic E-state index is 13.4. The van der Waals surface area contributed by atoms with Crippen molar-refractivity contribution in [2.75, 3.05) is 7.05 Å². The van der Waals surface area contributed by atoms with Gasteiger partial charge in [-0.3, -0.25) is 14.4 Å². The molecule has 8 nitrogen and oxygen atoms in total. The second kappa shape index (κ2) is 11.3. The van der Waals surface area contributed by atoms with E-state index >= 15 is 0 Å². The van der Waals surface area contributed by atoms with Gasteiger partial charge in [0, 0.05) is 58.7 Å². The molecule has 0 unspecified atom stereocenters. The van der Waals surface area contributed by atoms with Crippen molar-refractivity contribution in [3.63, 3.8) is 0 Å². The molecule has 0 bridgehead atoms. The average Bonchev–Trinajstić information content (AvgIpc) is 3.39. The minimum absolute atomic E-state index is 0.0230. The van der Waals surface area contributed by atoms with Crippen molar-refractivity contribution in [1.29, 1.82) is 5.26 Å². The van der Waals surface area contributed by atoms with E-state index in [0.717, 1.165) is 18.2 Å². The van der Waals surface area contributed by atoms with Crippen LogP contribution in [0.3, 0.4) is 0 Å². The first-order valence-electron chi connectivity index (χ1n) is 12.8. The van der Waals surface area contributed by atoms with E-state index < -0.39 is 34.5 Å². The quantitative estimate of drug-likeness (QED) is 0.245. The van der Waals surface area contributed by atoms with Crippen molar-refractivity contribution < 1.29 is 32.3 Å². The number of hydrogen-bond donors (Lipinski definition) is 2. The molecule has 4 aromatic rings. The number of aryl methyl sites for hydroxylation is 1. The highest BCUT2D eigenvalue weighted by atomic mass is 35.5. The number of fused-ring (bicyclic) bond motifs is 1. The van der Waals surface area contributed by atoms with Gasteiger partial charge >= 0.3 is 6.18 Å². The maximum Gasteiger partial charge on any atom is 0.416 e. The minimum Gasteiger partial charge on any atom is -0.507 e. The van der Waals surface area contributed by atoms with Gasteiger partial charge in [0.2, 0.25) is 0 Å². The lowest BCUT2D eigenvalue weighted by Crippen LogP contribution is -2.28. The van der Waals surface area contributed by atoms with Gasteiger partial charge in [-0.2, -0.15) is 18.4 Å². The molecule has 43 heavy (non-hydrogen) atoms. The van der Waals surface area contributed by atoms with Crippen LogP contribution in [-0.4, -0.2) is 33.7 Å². The Hall–Kier alpha value is -4.53. The smallest absolute Gasteiger partial charge is 0.416 e. The monoisotopic (exact) mass is 629 g/mol. The second-order valence-corrected chi connectivity index (χ2v) is 10.8. The number of ketones is 1. The highest BCUT2D eigenvalue weighted by Crippen LogP contribution is 2.40. The fourth-order valence-corrected chi connectivity index (χ4v) is 5.49. The summed E-state index contributed by atoms with van der Waals surface area (Å²) >= 11 is 12.5. The molecule has 1 aliphatic rings. The number of amides is 1. The van der Waals surface area contributed by atoms with Gasteiger partial charge in [-0.25, -0.2) is 0 Å². The number of carbonyl (C=O) groups excluding carboxylic acids is 2. The standard InChI is InChI=1S/C30H20Cl2F3N3O5/c1-38(29(42)21-13-43-25-4-2-3-24(39)26(21)25)12-14-7-16(31)9-19(27(14)40)23-10-17(20(11-36)28(41)37-23)18-8-15(30(33,34)35)5-6-22(18)32/h5-10,13,40H,2-4,12H2,1H3,(H,37,41). The van der Waals surface area contributed by atoms with Gasteiger partial charge in [0.15, 0.2) is 5.78 Å². The average molecular weight is 630 g/mol. The van der Waals surface area contributed by atoms with E-state index in [9.17, 15) is 37.9 Å². The first-order valence-corrected chi connectivity index (χ1v) is 13.5. The van der Waals surface area contributed by atoms with Crippen molar-refractivity contribution in [3.8, 4) is 34.2 Å². The van der Waals surface area contributed by atoms with E-state index in [0.29, 0.717) is 25.0 Å². The molecule has 1 aliphatic carbocycles. The zero-order valence-electron chi connectivity index (χ0n) is 22.2. The molecule has 2 aromatic carbocycles. The predicted octanol–water partition coefficient (Wildman–Crippen LogP) is 7.00. The van der Waals surface area contributed by atoms with Crippen LogP contribution in [0.25, 0.3) is 22.4 Å². The third kappa shape index (κ3) is 5.63. The number of rotatable bonds is 5. The number of phenolic OH excluding ortho intramolecular Hbond substituents is 1. The third-order valence-corrected chi connectivity index (χ3v) is 7.66. The molecule has 0 saturated heterocycles. The normalized spacial score (nSPS) is 13.0. The molecule has 0 fully saturated rings. The lowest BCUT2D eigenvalue weighted by Gasteiger charge is -2.20. The van der Waals surface area contributed by atoms with Gasteiger partial charge in [0.1, 0.15) is 29.4 Å². The largest absolute Gasteiger partial charge is 0.507 e. The molecule has 1 amide bonds. The molecular weight excluding hydrogens is 610 g/mol. The van der Waals surface area contributed by atoms with Crippen LogP contribution in [0.15, 0.2) is 51.9 Å². The molecule has 2 aromatic heterocycles.